The summed E-state index contributed by atoms with van der Waals surface area (Å²) in [5.74, 6) is 0. The van der Waals surface area contributed by atoms with Gasteiger partial charge in [-0.05, 0) is 94.8 Å². The van der Waals surface area contributed by atoms with Crippen LogP contribution in [0.3, 0.4) is 0 Å². The second kappa shape index (κ2) is 12.7. The smallest absolute Gasteiger partial charge is 0.144 e. The molecule has 0 radical (unpaired) electrons. The van der Waals surface area contributed by atoms with Gasteiger partial charge in [0.15, 0.2) is 0 Å². The Kier molecular flexibility index (Phi) is 7.48. The molecule has 0 fully saturated rings. The van der Waals surface area contributed by atoms with Crippen molar-refractivity contribution >= 4 is 70.5 Å². The summed E-state index contributed by atoms with van der Waals surface area (Å²) in [6, 6.07) is 63.3. The van der Waals surface area contributed by atoms with Crippen molar-refractivity contribution in [1.29, 1.82) is 0 Å². The van der Waals surface area contributed by atoms with E-state index < -0.39 is 0 Å². The van der Waals surface area contributed by atoms with Crippen LogP contribution in [0.2, 0.25) is 0 Å². The number of hydrogen-bond acceptors (Lipinski definition) is 3. The molecule has 0 aliphatic rings. The van der Waals surface area contributed by atoms with Crippen LogP contribution in [0.5, 0.6) is 0 Å². The maximum Gasteiger partial charge on any atom is 0.144 e. The Hall–Kier alpha value is -6.42. The first-order chi connectivity index (χ1) is 26.1. The summed E-state index contributed by atoms with van der Waals surface area (Å²) in [7, 11) is 0. The number of nitrogens with zero attached hydrogens (tertiary/aromatic N) is 1. The fraction of sp³-hybridized carbons (Fsp3) is 0.0400. The van der Waals surface area contributed by atoms with E-state index in [1.165, 1.54) is 64.7 Å². The third-order valence-electron chi connectivity index (χ3n) is 10.7. The van der Waals surface area contributed by atoms with E-state index >= 15 is 0 Å². The lowest BCUT2D eigenvalue weighted by atomic mass is 9.90. The van der Waals surface area contributed by atoms with Gasteiger partial charge in [0, 0.05) is 37.6 Å². The van der Waals surface area contributed by atoms with Crippen LogP contribution in [0.25, 0.3) is 75.5 Å². The monoisotopic (exact) mass is 697 g/mol. The van der Waals surface area contributed by atoms with Gasteiger partial charge in [0.25, 0.3) is 0 Å². The van der Waals surface area contributed by atoms with E-state index in [2.05, 4.69) is 195 Å². The summed E-state index contributed by atoms with van der Waals surface area (Å²) < 4.78 is 9.14. The number of thiophene rings is 1. The Labute approximate surface area is 312 Å². The van der Waals surface area contributed by atoms with Gasteiger partial charge in [0.05, 0.1) is 10.4 Å². The molecule has 8 aromatic carbocycles. The number of benzene rings is 8. The average Bonchev–Trinajstić information content (AvgIpc) is 3.79. The van der Waals surface area contributed by atoms with Crippen LogP contribution >= 0.6 is 11.3 Å². The van der Waals surface area contributed by atoms with Gasteiger partial charge in [-0.15, -0.1) is 11.3 Å². The summed E-state index contributed by atoms with van der Waals surface area (Å²) in [6.07, 6.45) is 0. The van der Waals surface area contributed by atoms with Crippen molar-refractivity contribution in [1.82, 2.24) is 0 Å². The van der Waals surface area contributed by atoms with Gasteiger partial charge in [0.2, 0.25) is 0 Å². The number of fused-ring (bicyclic) bond motifs is 7. The van der Waals surface area contributed by atoms with Crippen molar-refractivity contribution in [2.45, 2.75) is 13.8 Å². The van der Waals surface area contributed by atoms with E-state index in [1.54, 1.807) is 0 Å². The van der Waals surface area contributed by atoms with Crippen molar-refractivity contribution < 1.29 is 4.42 Å². The highest BCUT2D eigenvalue weighted by molar-refractivity contribution is 7.26. The topological polar surface area (TPSA) is 16.4 Å². The number of hydrogen-bond donors (Lipinski definition) is 0. The van der Waals surface area contributed by atoms with E-state index in [1.807, 2.05) is 11.3 Å². The minimum Gasteiger partial charge on any atom is -0.455 e. The molecule has 53 heavy (non-hydrogen) atoms. The highest BCUT2D eigenvalue weighted by atomic mass is 32.1. The minimum atomic E-state index is 0.905. The molecular formula is C50H35NOS. The minimum absolute atomic E-state index is 0.905. The van der Waals surface area contributed by atoms with Crippen molar-refractivity contribution in [3.8, 4) is 33.4 Å². The van der Waals surface area contributed by atoms with Gasteiger partial charge in [-0.25, -0.2) is 0 Å². The Balaban J connectivity index is 1.25. The fourth-order valence-electron chi connectivity index (χ4n) is 8.07. The van der Waals surface area contributed by atoms with Gasteiger partial charge in [-0.2, -0.15) is 0 Å². The SMILES string of the molecule is Cc1c(-c2ccccc2)cccc1-c1cccc(N(c2ccc(-c3ccccc3)cc2)c2cc3c4ccccc4oc3c3c2sc2ccccc23)c1C. The molecule has 252 valence electrons. The van der Waals surface area contributed by atoms with Crippen molar-refractivity contribution in [3.05, 3.63) is 187 Å². The van der Waals surface area contributed by atoms with Gasteiger partial charge in [0.1, 0.15) is 11.2 Å². The molecule has 0 saturated carbocycles. The first kappa shape index (κ1) is 31.3. The van der Waals surface area contributed by atoms with Crippen LogP contribution in [-0.2, 0) is 0 Å². The lowest BCUT2D eigenvalue weighted by Gasteiger charge is -2.29. The summed E-state index contributed by atoms with van der Waals surface area (Å²) in [6.45, 7) is 4.53. The quantitative estimate of drug-likeness (QED) is 0.172. The Morgan fingerprint density at radius 2 is 1.06 bits per heavy atom. The van der Waals surface area contributed by atoms with Crippen LogP contribution in [0.15, 0.2) is 180 Å². The first-order valence-electron chi connectivity index (χ1n) is 18.1. The van der Waals surface area contributed by atoms with Gasteiger partial charge in [-0.3, -0.25) is 0 Å². The molecule has 3 heteroatoms. The van der Waals surface area contributed by atoms with E-state index in [0.717, 1.165) is 39.0 Å². The van der Waals surface area contributed by atoms with E-state index in [-0.39, 0.29) is 0 Å². The molecule has 0 atom stereocenters. The molecule has 2 aromatic heterocycles. The number of anilines is 3. The van der Waals surface area contributed by atoms with Crippen LogP contribution in [0, 0.1) is 13.8 Å². The Bertz CT molecular complexity index is 2960. The maximum absolute atomic E-state index is 6.69. The first-order valence-corrected chi connectivity index (χ1v) is 18.9. The van der Waals surface area contributed by atoms with Gasteiger partial charge >= 0.3 is 0 Å². The maximum atomic E-state index is 6.69. The number of para-hydroxylation sites is 1. The van der Waals surface area contributed by atoms with Gasteiger partial charge < -0.3 is 9.32 Å². The van der Waals surface area contributed by atoms with Crippen molar-refractivity contribution in [2.75, 3.05) is 4.90 Å². The lowest BCUT2D eigenvalue weighted by molar-refractivity contribution is 0.673. The molecule has 0 aliphatic carbocycles. The Morgan fingerprint density at radius 1 is 0.453 bits per heavy atom. The zero-order valence-electron chi connectivity index (χ0n) is 29.5. The van der Waals surface area contributed by atoms with E-state index in [4.69, 9.17) is 4.42 Å². The molecule has 0 spiro atoms. The molecule has 0 amide bonds. The van der Waals surface area contributed by atoms with Crippen molar-refractivity contribution in [3.63, 3.8) is 0 Å². The van der Waals surface area contributed by atoms with Crippen LogP contribution in [-0.4, -0.2) is 0 Å². The molecular weight excluding hydrogens is 663 g/mol. The second-order valence-electron chi connectivity index (χ2n) is 13.7. The van der Waals surface area contributed by atoms with E-state index in [0.29, 0.717) is 0 Å². The molecule has 2 heterocycles. The molecule has 0 aliphatic heterocycles. The van der Waals surface area contributed by atoms with Crippen LogP contribution in [0.1, 0.15) is 11.1 Å². The van der Waals surface area contributed by atoms with Crippen molar-refractivity contribution in [2.24, 2.45) is 0 Å². The molecule has 10 aromatic rings. The molecule has 0 unspecified atom stereocenters. The second-order valence-corrected chi connectivity index (χ2v) is 14.8. The van der Waals surface area contributed by atoms with Crippen LogP contribution < -0.4 is 4.90 Å². The normalized spacial score (nSPS) is 11.6. The fourth-order valence-corrected chi connectivity index (χ4v) is 9.28. The summed E-state index contributed by atoms with van der Waals surface area (Å²) in [4.78, 5) is 2.48. The zero-order valence-corrected chi connectivity index (χ0v) is 30.3. The van der Waals surface area contributed by atoms with Crippen LogP contribution in [0.4, 0.5) is 17.1 Å². The summed E-state index contributed by atoms with van der Waals surface area (Å²) >= 11 is 1.84. The zero-order chi connectivity index (χ0) is 35.5. The standard InChI is InChI=1S/C50H35NOS/c1-32-38(36-17-7-4-8-18-36)21-13-22-39(32)40-23-14-24-44(33(40)2)51(37-29-27-35(28-30-37)34-15-5-3-6-16-34)45-31-43-41-19-9-11-25-46(41)52-49(43)48-42-20-10-12-26-47(42)53-50(45)48/h3-31H,1-2H3. The average molecular weight is 698 g/mol. The third-order valence-corrected chi connectivity index (χ3v) is 11.9. The summed E-state index contributed by atoms with van der Waals surface area (Å²) in [5.41, 5.74) is 15.1. The predicted octanol–water partition coefficient (Wildman–Crippen LogP) is 15.0. The Morgan fingerprint density at radius 3 is 1.83 bits per heavy atom. The number of furan rings is 1. The summed E-state index contributed by atoms with van der Waals surface area (Å²) in [5, 5.41) is 4.63. The predicted molar refractivity (Wildman–Crippen MR) is 227 cm³/mol. The third kappa shape index (κ3) is 5.16. The van der Waals surface area contributed by atoms with Gasteiger partial charge in [-0.1, -0.05) is 140 Å². The van der Waals surface area contributed by atoms with E-state index in [9.17, 15) is 0 Å². The molecule has 0 N–H and O–H groups in total. The highest BCUT2D eigenvalue weighted by Gasteiger charge is 2.25. The molecule has 2 nitrogen and oxygen atoms in total. The molecule has 0 bridgehead atoms. The highest BCUT2D eigenvalue weighted by Crippen LogP contribution is 2.51. The molecule has 10 rings (SSSR count). The lowest BCUT2D eigenvalue weighted by Crippen LogP contribution is -2.12. The number of rotatable bonds is 6. The molecule has 0 saturated heterocycles. The largest absolute Gasteiger partial charge is 0.455 e.